The van der Waals surface area contributed by atoms with Crippen LogP contribution in [-0.4, -0.2) is 50.6 Å². The first-order chi connectivity index (χ1) is 50.1. The Morgan fingerprint density at radius 1 is 0.472 bits per heavy atom. The molecule has 551 valence electrons. The molecule has 0 amide bonds. The van der Waals surface area contributed by atoms with Crippen LogP contribution in [0.5, 0.6) is 0 Å². The molecule has 0 aliphatic carbocycles. The first-order valence-corrected chi connectivity index (χ1v) is 33.1. The molecule has 0 unspecified atom stereocenters. The number of benzene rings is 8. The van der Waals surface area contributed by atoms with Gasteiger partial charge in [-0.2, -0.15) is 13.2 Å². The summed E-state index contributed by atoms with van der Waals surface area (Å²) in [4.78, 5) is 36.2. The minimum absolute atomic E-state index is 0. The number of hydrogen-bond acceptors (Lipinski definition) is 9. The van der Waals surface area contributed by atoms with Crippen LogP contribution < -0.4 is 0 Å². The van der Waals surface area contributed by atoms with Crippen molar-refractivity contribution in [3.05, 3.63) is 361 Å². The van der Waals surface area contributed by atoms with E-state index in [9.17, 15) is 26.7 Å². The summed E-state index contributed by atoms with van der Waals surface area (Å²) in [6.45, 7) is 12.7. The molecule has 19 heteroatoms. The first kappa shape index (κ1) is 85.1. The molecular weight excluding hydrogens is 2080 g/mol. The van der Waals surface area contributed by atoms with Crippen LogP contribution >= 0.6 is 0 Å². The van der Waals surface area contributed by atoms with E-state index in [1.54, 1.807) is 24.3 Å². The predicted octanol–water partition coefficient (Wildman–Crippen LogP) is 21.9. The zero-order valence-electron chi connectivity index (χ0n) is 59.2. The molecular formula is C89H68F5Ir3N8O2Pt-3. The first-order valence-electron chi connectivity index (χ1n) is 33.1. The van der Waals surface area contributed by atoms with Crippen molar-refractivity contribution in [2.45, 2.75) is 60.1 Å². The van der Waals surface area contributed by atoms with Crippen LogP contribution in [0.3, 0.4) is 0 Å². The number of aryl methyl sites for hydroxylation is 3. The second kappa shape index (κ2) is 39.7. The number of allylic oxidation sites excluding steroid dienone is 2. The SMILES string of the molecule is CC(=O)C=C(C)O.CC(C)(c1cccc(-c2[c-]cc(F)nc2F)n1)c1cccc(-n2[c-]cc(C(F)(F)F)n2)n1.Cc1cc2ccccc2nc1-c1[c-]ccc(-c2ccccc2)c1.Cc1cc2ccccc2nc1-c1[c-]ccc(-c2ccccc2)c1.Cc1ccc(-c2[c-]ccc(-c3ccccc3)c2)nc1.[Ir].[Ir].[Ir].[Pt+2]. The third-order valence-corrected chi connectivity index (χ3v) is 16.5. The monoisotopic (exact) mass is 2150 g/mol. The average molecular weight is 2150 g/mol. The zero-order valence-corrected chi connectivity index (χ0v) is 68.7. The molecule has 15 rings (SSSR count). The van der Waals surface area contributed by atoms with Crippen molar-refractivity contribution in [3.63, 3.8) is 0 Å². The van der Waals surface area contributed by atoms with Gasteiger partial charge in [0.25, 0.3) is 0 Å². The molecule has 108 heavy (non-hydrogen) atoms. The molecule has 0 saturated heterocycles. The van der Waals surface area contributed by atoms with Gasteiger partial charge in [-0.3, -0.25) is 29.8 Å². The molecule has 15 aromatic rings. The summed E-state index contributed by atoms with van der Waals surface area (Å²) in [5.74, 6) is -1.95. The third kappa shape index (κ3) is 22.5. The van der Waals surface area contributed by atoms with Gasteiger partial charge in [0, 0.05) is 89.4 Å². The van der Waals surface area contributed by atoms with Gasteiger partial charge in [-0.25, -0.2) is 8.78 Å². The van der Waals surface area contributed by atoms with E-state index in [-0.39, 0.29) is 110 Å². The van der Waals surface area contributed by atoms with Crippen molar-refractivity contribution in [1.82, 2.24) is 39.7 Å². The van der Waals surface area contributed by atoms with Gasteiger partial charge in [0.2, 0.25) is 0 Å². The number of aliphatic hydroxyl groups is 1. The van der Waals surface area contributed by atoms with Crippen LogP contribution in [0, 0.1) is 63.1 Å². The number of hydrogen-bond donors (Lipinski definition) is 1. The summed E-state index contributed by atoms with van der Waals surface area (Å²) in [6, 6.07) is 98.6. The van der Waals surface area contributed by atoms with Gasteiger partial charge in [0.15, 0.2) is 5.78 Å². The number of carbonyl (C=O) groups is 1. The second-order valence-corrected chi connectivity index (χ2v) is 24.8. The maximum Gasteiger partial charge on any atom is 2.00 e. The molecule has 0 saturated carbocycles. The minimum Gasteiger partial charge on any atom is -0.512 e. The van der Waals surface area contributed by atoms with Crippen molar-refractivity contribution in [2.24, 2.45) is 0 Å². The van der Waals surface area contributed by atoms with Crippen molar-refractivity contribution in [1.29, 1.82) is 0 Å². The number of alkyl halides is 3. The fourth-order valence-corrected chi connectivity index (χ4v) is 11.2. The number of ketones is 1. The number of carbonyl (C=O) groups excluding carboxylic acids is 1. The Morgan fingerprint density at radius 3 is 1.38 bits per heavy atom. The van der Waals surface area contributed by atoms with E-state index in [0.717, 1.165) is 61.6 Å². The Hall–Kier alpha value is -10.1. The molecule has 7 aromatic heterocycles. The third-order valence-electron chi connectivity index (χ3n) is 16.5. The minimum atomic E-state index is -4.59. The maximum atomic E-state index is 14.1. The van der Waals surface area contributed by atoms with E-state index in [0.29, 0.717) is 11.4 Å². The molecule has 8 aromatic carbocycles. The topological polar surface area (TPSA) is 132 Å². The summed E-state index contributed by atoms with van der Waals surface area (Å²) in [5, 5.41) is 14.2. The van der Waals surface area contributed by atoms with E-state index < -0.39 is 29.2 Å². The Bertz CT molecular complexity index is 5330. The molecule has 10 nitrogen and oxygen atoms in total. The van der Waals surface area contributed by atoms with Crippen LogP contribution in [0.15, 0.2) is 285 Å². The van der Waals surface area contributed by atoms with Crippen LogP contribution in [-0.2, 0) is 97.8 Å². The number of nitrogens with zero attached hydrogens (tertiary/aromatic N) is 8. The summed E-state index contributed by atoms with van der Waals surface area (Å²) in [6.07, 6.45) is 0.874. The van der Waals surface area contributed by atoms with E-state index in [2.05, 4.69) is 221 Å². The molecule has 0 fully saturated rings. The van der Waals surface area contributed by atoms with Gasteiger partial charge in [0.1, 0.15) is 11.9 Å². The summed E-state index contributed by atoms with van der Waals surface area (Å²) in [5.41, 5.74) is 18.0. The number of aliphatic hydroxyl groups excluding tert-OH is 1. The average Bonchev–Trinajstić information content (AvgIpc) is 0.964. The summed E-state index contributed by atoms with van der Waals surface area (Å²) >= 11 is 0. The zero-order chi connectivity index (χ0) is 73.3. The van der Waals surface area contributed by atoms with E-state index >= 15 is 0 Å². The number of pyridine rings is 6. The Kier molecular flexibility index (Phi) is 31.3. The van der Waals surface area contributed by atoms with Crippen LogP contribution in [0.1, 0.15) is 61.5 Å². The molecule has 0 aliphatic rings. The molecule has 7 heterocycles. The fourth-order valence-electron chi connectivity index (χ4n) is 11.2. The van der Waals surface area contributed by atoms with Crippen LogP contribution in [0.2, 0.25) is 0 Å². The second-order valence-electron chi connectivity index (χ2n) is 24.8. The van der Waals surface area contributed by atoms with Gasteiger partial charge in [0.05, 0.1) is 28.3 Å². The van der Waals surface area contributed by atoms with E-state index in [4.69, 9.17) is 15.1 Å². The van der Waals surface area contributed by atoms with Crippen molar-refractivity contribution >= 4 is 27.6 Å². The number of halogens is 5. The van der Waals surface area contributed by atoms with Gasteiger partial charge >= 0.3 is 27.2 Å². The van der Waals surface area contributed by atoms with Crippen molar-refractivity contribution in [2.75, 3.05) is 0 Å². The molecule has 0 aliphatic heterocycles. The largest absolute Gasteiger partial charge is 2.00 e. The van der Waals surface area contributed by atoms with Crippen molar-refractivity contribution < 1.29 is 113 Å². The normalized spacial score (nSPS) is 10.8. The molecule has 1 N–H and O–H groups in total. The Balaban J connectivity index is 0.000000195. The standard InChI is InChI=1S/C22H14F5N5.2C22H16N.C18H14N.C5H8O2.3Ir.Pt/c1-21(2,15-6-3-5-14(28-15)13-9-10-18(23)30-20(13)24)16-7-4-8-19(29-16)32-12-11-17(31-32)22(25,26)27;2*1-16-14-19-10-5-6-13-21(19)23-22(16)20-12-7-11-18(15-20)17-8-3-2-4-9-17;1-14-10-11-18(19-13-14)17-9-5-8-16(12-17)15-6-3-2-4-7-15;1-4(6)3-5(2)7;;;;/h3-8,10-11H,1-2H3;2*2-11,13-15H,1H3;2-8,10-13H,1H3;3,6H,1-2H3;;;;/q-2;3*-1;;;;;+2. The number of para-hydroxylation sites is 2. The quantitative estimate of drug-likeness (QED) is 0.0442. The summed E-state index contributed by atoms with van der Waals surface area (Å²) in [7, 11) is 0. The summed E-state index contributed by atoms with van der Waals surface area (Å²) < 4.78 is 66.7. The van der Waals surface area contributed by atoms with Gasteiger partial charge in [-0.1, -0.05) is 205 Å². The van der Waals surface area contributed by atoms with Gasteiger partial charge in [-0.05, 0) is 129 Å². The fraction of sp³-hybridized carbons (Fsp3) is 0.101. The molecule has 3 radical (unpaired) electrons. The number of aromatic nitrogens is 8. The number of fused-ring (bicyclic) bond motifs is 2. The van der Waals surface area contributed by atoms with Crippen LogP contribution in [0.4, 0.5) is 22.0 Å². The molecule has 0 spiro atoms. The predicted molar refractivity (Wildman–Crippen MR) is 402 cm³/mol. The van der Waals surface area contributed by atoms with Crippen LogP contribution in [0.25, 0.3) is 106 Å². The Labute approximate surface area is 680 Å². The maximum absolute atomic E-state index is 14.1. The van der Waals surface area contributed by atoms with Gasteiger partial charge in [-0.15, -0.1) is 118 Å². The molecule has 0 bridgehead atoms. The van der Waals surface area contributed by atoms with E-state index in [1.165, 1.54) is 92.9 Å². The van der Waals surface area contributed by atoms with Gasteiger partial charge < -0.3 is 19.8 Å². The number of rotatable bonds is 11. The molecule has 0 atom stereocenters. The van der Waals surface area contributed by atoms with Crippen molar-refractivity contribution in [3.8, 4) is 84.2 Å². The van der Waals surface area contributed by atoms with E-state index in [1.807, 2.05) is 93.7 Å². The smallest absolute Gasteiger partial charge is 0.512 e. The Morgan fingerprint density at radius 2 is 0.935 bits per heavy atom.